The van der Waals surface area contributed by atoms with Crippen LogP contribution in [0.5, 0.6) is 5.75 Å². The SMILES string of the molecule is CC(=O)OOc1ccc(C)c(C)c1N1C[C@H](NC2CCN(C(=O)c3ccc(Cl)cc3)CC2)[C@@H](O)C1.O=C(O)C(F)(F)F. The van der Waals surface area contributed by atoms with Crippen LogP contribution >= 0.6 is 11.6 Å². The lowest BCUT2D eigenvalue weighted by Gasteiger charge is -2.34. The van der Waals surface area contributed by atoms with Crippen molar-refractivity contribution in [2.24, 2.45) is 0 Å². The van der Waals surface area contributed by atoms with Gasteiger partial charge in [-0.05, 0) is 68.1 Å². The number of β-amino-alcohol motifs (C(OH)–C–C–N with tert-alkyl or cyclic N) is 1. The third-order valence-corrected chi connectivity index (χ3v) is 7.34. The fourth-order valence-corrected chi connectivity index (χ4v) is 4.93. The molecule has 2 heterocycles. The van der Waals surface area contributed by atoms with E-state index in [-0.39, 0.29) is 18.0 Å². The second-order valence-corrected chi connectivity index (χ2v) is 10.6. The summed E-state index contributed by atoms with van der Waals surface area (Å²) in [5, 5.41) is 22.2. The summed E-state index contributed by atoms with van der Waals surface area (Å²) in [6, 6.07) is 10.7. The van der Waals surface area contributed by atoms with E-state index in [1.54, 1.807) is 30.3 Å². The first kappa shape index (κ1) is 33.0. The molecule has 2 aromatic rings. The molecular weight excluding hydrogens is 583 g/mol. The number of carboxylic acids is 1. The van der Waals surface area contributed by atoms with E-state index in [0.717, 1.165) is 29.7 Å². The van der Waals surface area contributed by atoms with E-state index >= 15 is 0 Å². The topological polar surface area (TPSA) is 129 Å². The Labute approximate surface area is 245 Å². The number of aryl methyl sites for hydroxylation is 1. The van der Waals surface area contributed by atoms with Gasteiger partial charge in [-0.25, -0.2) is 9.59 Å². The number of nitrogens with zero attached hydrogens (tertiary/aromatic N) is 2. The molecule has 230 valence electrons. The van der Waals surface area contributed by atoms with Crippen LogP contribution in [0.2, 0.25) is 5.02 Å². The average molecular weight is 616 g/mol. The minimum absolute atomic E-state index is 0.0161. The monoisotopic (exact) mass is 615 g/mol. The Bertz CT molecular complexity index is 1270. The molecule has 10 nitrogen and oxygen atoms in total. The van der Waals surface area contributed by atoms with Gasteiger partial charge in [-0.3, -0.25) is 14.6 Å². The highest BCUT2D eigenvalue weighted by molar-refractivity contribution is 6.30. The number of hydrogen-bond acceptors (Lipinski definition) is 8. The molecule has 3 N–H and O–H groups in total. The van der Waals surface area contributed by atoms with Gasteiger partial charge < -0.3 is 25.3 Å². The van der Waals surface area contributed by atoms with Gasteiger partial charge in [-0.1, -0.05) is 17.7 Å². The third kappa shape index (κ3) is 8.73. The van der Waals surface area contributed by atoms with Crippen LogP contribution in [0.15, 0.2) is 36.4 Å². The molecule has 2 saturated heterocycles. The number of benzene rings is 2. The number of piperidine rings is 1. The van der Waals surface area contributed by atoms with Crippen molar-refractivity contribution in [3.05, 3.63) is 58.1 Å². The zero-order valence-corrected chi connectivity index (χ0v) is 24.0. The standard InChI is InChI=1S/C26H32ClN3O5.C2HF3O2/c1-16-4-9-24(35-34-18(3)31)25(17(16)2)30-14-22(23(32)15-30)28-21-10-12-29(13-11-21)26(33)19-5-7-20(27)8-6-19;3-2(4,5)1(6)7/h4-9,21-23,28,32H,10-15H2,1-3H3;(H,6,7)/t22-,23-;/m0./s1. The number of anilines is 1. The molecule has 0 unspecified atom stereocenters. The molecule has 0 aliphatic carbocycles. The zero-order chi connectivity index (χ0) is 31.2. The minimum Gasteiger partial charge on any atom is -0.475 e. The lowest BCUT2D eigenvalue weighted by molar-refractivity contribution is -0.210. The predicted octanol–water partition coefficient (Wildman–Crippen LogP) is 3.89. The van der Waals surface area contributed by atoms with Gasteiger partial charge in [0, 0.05) is 49.7 Å². The second-order valence-electron chi connectivity index (χ2n) is 10.1. The molecule has 1 amide bonds. The molecule has 2 aliphatic heterocycles. The Kier molecular flexibility index (Phi) is 11.0. The number of rotatable bonds is 6. The molecule has 0 spiro atoms. The Morgan fingerprint density at radius 2 is 1.62 bits per heavy atom. The Morgan fingerprint density at radius 1 is 1.02 bits per heavy atom. The number of halogens is 4. The van der Waals surface area contributed by atoms with E-state index < -0.39 is 24.2 Å². The maximum atomic E-state index is 12.8. The fourth-order valence-electron chi connectivity index (χ4n) is 4.80. The van der Waals surface area contributed by atoms with E-state index in [2.05, 4.69) is 10.2 Å². The summed E-state index contributed by atoms with van der Waals surface area (Å²) < 4.78 is 31.7. The predicted molar refractivity (Wildman–Crippen MR) is 148 cm³/mol. The molecule has 0 radical (unpaired) electrons. The smallest absolute Gasteiger partial charge is 0.475 e. The lowest BCUT2D eigenvalue weighted by atomic mass is 10.0. The van der Waals surface area contributed by atoms with Crippen LogP contribution in [-0.2, 0) is 14.5 Å². The summed E-state index contributed by atoms with van der Waals surface area (Å²) in [7, 11) is 0. The Hall–Kier alpha value is -3.55. The van der Waals surface area contributed by atoms with Crippen molar-refractivity contribution < 1.29 is 47.5 Å². The molecule has 2 atom stereocenters. The second kappa shape index (κ2) is 14.1. The van der Waals surface area contributed by atoms with Gasteiger partial charge in [0.1, 0.15) is 0 Å². The molecule has 2 aromatic carbocycles. The van der Waals surface area contributed by atoms with Gasteiger partial charge in [-0.15, -0.1) is 0 Å². The normalized spacial score (nSPS) is 19.1. The number of aliphatic hydroxyl groups is 1. The van der Waals surface area contributed by atoms with Crippen LogP contribution in [0.1, 0.15) is 41.3 Å². The Morgan fingerprint density at radius 3 is 2.17 bits per heavy atom. The number of nitrogens with one attached hydrogen (secondary N) is 1. The molecule has 2 fully saturated rings. The van der Waals surface area contributed by atoms with Crippen LogP contribution in [0.4, 0.5) is 18.9 Å². The quantitative estimate of drug-likeness (QED) is 0.327. The number of carbonyl (C=O) groups is 3. The van der Waals surface area contributed by atoms with Crippen LogP contribution in [0.25, 0.3) is 0 Å². The van der Waals surface area contributed by atoms with Gasteiger partial charge in [0.25, 0.3) is 5.91 Å². The first-order chi connectivity index (χ1) is 19.7. The summed E-state index contributed by atoms with van der Waals surface area (Å²) in [4.78, 5) is 46.9. The number of amides is 1. The molecular formula is C28H33ClF3N3O7. The number of likely N-dealkylation sites (tertiary alicyclic amines) is 1. The van der Waals surface area contributed by atoms with Crippen molar-refractivity contribution in [3.63, 3.8) is 0 Å². The van der Waals surface area contributed by atoms with Gasteiger partial charge in [0.05, 0.1) is 17.8 Å². The lowest BCUT2D eigenvalue weighted by Crippen LogP contribution is -2.50. The van der Waals surface area contributed by atoms with Crippen LogP contribution < -0.4 is 15.1 Å². The van der Waals surface area contributed by atoms with Crippen LogP contribution in [-0.4, -0.2) is 83.5 Å². The fraction of sp³-hybridized carbons (Fsp3) is 0.464. The van der Waals surface area contributed by atoms with Crippen LogP contribution in [0.3, 0.4) is 0 Å². The number of carbonyl (C=O) groups excluding carboxylic acids is 2. The Balaban J connectivity index is 0.000000616. The summed E-state index contributed by atoms with van der Waals surface area (Å²) >= 11 is 5.93. The van der Waals surface area contributed by atoms with Gasteiger partial charge in [0.2, 0.25) is 5.75 Å². The molecule has 4 rings (SSSR count). The summed E-state index contributed by atoms with van der Waals surface area (Å²) in [5.41, 5.74) is 3.55. The minimum atomic E-state index is -5.08. The number of alkyl halides is 3. The van der Waals surface area contributed by atoms with E-state index in [4.69, 9.17) is 31.3 Å². The van der Waals surface area contributed by atoms with Gasteiger partial charge in [0.15, 0.2) is 0 Å². The van der Waals surface area contributed by atoms with E-state index in [9.17, 15) is 27.9 Å². The van der Waals surface area contributed by atoms with Crippen molar-refractivity contribution >= 4 is 35.1 Å². The molecule has 0 bridgehead atoms. The first-order valence-corrected chi connectivity index (χ1v) is 13.5. The van der Waals surface area contributed by atoms with Crippen molar-refractivity contribution in [3.8, 4) is 5.75 Å². The highest BCUT2D eigenvalue weighted by Gasteiger charge is 2.38. The van der Waals surface area contributed by atoms with Crippen LogP contribution in [0, 0.1) is 13.8 Å². The summed E-state index contributed by atoms with van der Waals surface area (Å²) in [6.45, 7) is 7.63. The molecule has 0 saturated carbocycles. The van der Waals surface area contributed by atoms with E-state index in [0.29, 0.717) is 42.5 Å². The summed E-state index contributed by atoms with van der Waals surface area (Å²) in [5.74, 6) is -2.82. The zero-order valence-electron chi connectivity index (χ0n) is 23.3. The maximum Gasteiger partial charge on any atom is 0.490 e. The van der Waals surface area contributed by atoms with Crippen molar-refractivity contribution in [2.75, 3.05) is 31.1 Å². The van der Waals surface area contributed by atoms with Gasteiger partial charge >= 0.3 is 18.1 Å². The molecule has 0 aromatic heterocycles. The largest absolute Gasteiger partial charge is 0.490 e. The number of hydrogen-bond donors (Lipinski definition) is 3. The molecule has 14 heteroatoms. The highest BCUT2D eigenvalue weighted by Crippen LogP contribution is 2.36. The van der Waals surface area contributed by atoms with Crippen molar-refractivity contribution in [1.29, 1.82) is 0 Å². The van der Waals surface area contributed by atoms with E-state index in [1.165, 1.54) is 6.92 Å². The number of aliphatic hydroxyl groups excluding tert-OH is 1. The highest BCUT2D eigenvalue weighted by atomic mass is 35.5. The third-order valence-electron chi connectivity index (χ3n) is 7.08. The van der Waals surface area contributed by atoms with E-state index in [1.807, 2.05) is 24.8 Å². The van der Waals surface area contributed by atoms with Crippen molar-refractivity contribution in [1.82, 2.24) is 10.2 Å². The summed E-state index contributed by atoms with van der Waals surface area (Å²) in [6.07, 6.45) is -4.02. The number of aliphatic carboxylic acids is 1. The van der Waals surface area contributed by atoms with Crippen molar-refractivity contribution in [2.45, 2.75) is 58.0 Å². The molecule has 2 aliphatic rings. The molecule has 42 heavy (non-hydrogen) atoms. The average Bonchev–Trinajstić information content (AvgIpc) is 3.28. The maximum absolute atomic E-state index is 12.8. The first-order valence-electron chi connectivity index (χ1n) is 13.2. The van der Waals surface area contributed by atoms with Gasteiger partial charge in [-0.2, -0.15) is 13.2 Å². The number of carboxylic acid groups (broad SMARTS) is 1.